The van der Waals surface area contributed by atoms with Crippen LogP contribution in [-0.4, -0.2) is 13.4 Å². The van der Waals surface area contributed by atoms with Crippen LogP contribution in [0, 0.1) is 22.7 Å². The third-order valence-electron chi connectivity index (χ3n) is 9.36. The third-order valence-corrected chi connectivity index (χ3v) is 9.36. The van der Waals surface area contributed by atoms with Crippen molar-refractivity contribution in [2.45, 2.75) is 0 Å². The topological polar surface area (TPSA) is 47.6 Å². The van der Waals surface area contributed by atoms with Crippen molar-refractivity contribution < 1.29 is 0 Å². The van der Waals surface area contributed by atoms with Gasteiger partial charge in [0.25, 0.3) is 0 Å². The van der Waals surface area contributed by atoms with E-state index in [1.807, 2.05) is 36.4 Å². The first-order valence-electron chi connectivity index (χ1n) is 15.5. The molecule has 0 atom stereocenters. The van der Waals surface area contributed by atoms with E-state index < -0.39 is 0 Å². The predicted molar refractivity (Wildman–Crippen MR) is 195 cm³/mol. The van der Waals surface area contributed by atoms with Gasteiger partial charge in [-0.15, -0.1) is 0 Å². The molecule has 0 bridgehead atoms. The summed E-state index contributed by atoms with van der Waals surface area (Å²) in [5.74, 6) is 0. The zero-order valence-corrected chi connectivity index (χ0v) is 25.1. The Balaban J connectivity index is 1.51. The summed E-state index contributed by atoms with van der Waals surface area (Å²) in [6.45, 7) is -0.147. The molecule has 8 rings (SSSR count). The summed E-state index contributed by atoms with van der Waals surface area (Å²) in [6.07, 6.45) is 0. The minimum atomic E-state index is -0.0737. The lowest BCUT2D eigenvalue weighted by Gasteiger charge is -2.23. The summed E-state index contributed by atoms with van der Waals surface area (Å²) >= 11 is 0. The molecule has 0 aromatic heterocycles. The lowest BCUT2D eigenvalue weighted by Crippen LogP contribution is -2.52. The Morgan fingerprint density at radius 1 is 0.348 bits per heavy atom. The van der Waals surface area contributed by atoms with Gasteiger partial charge in [0.05, 0.1) is 23.3 Å². The van der Waals surface area contributed by atoms with Gasteiger partial charge in [-0.2, -0.15) is 10.5 Å². The number of hydrogen-bond acceptors (Lipinski definition) is 2. The van der Waals surface area contributed by atoms with Crippen molar-refractivity contribution in [1.82, 2.24) is 0 Å². The van der Waals surface area contributed by atoms with Crippen LogP contribution in [0.4, 0.5) is 0 Å². The number of rotatable bonds is 6. The largest absolute Gasteiger partial charge is 0.242 e. The highest BCUT2D eigenvalue weighted by molar-refractivity contribution is 6.98. The number of benzene rings is 8. The second-order valence-corrected chi connectivity index (χ2v) is 11.8. The molecule has 0 aliphatic carbocycles. The lowest BCUT2D eigenvalue weighted by atomic mass is 9.35. The van der Waals surface area contributed by atoms with E-state index in [1.165, 1.54) is 21.9 Å². The molecule has 0 heterocycles. The zero-order chi connectivity index (χ0) is 31.0. The van der Waals surface area contributed by atoms with Gasteiger partial charge in [0.15, 0.2) is 0 Å². The van der Waals surface area contributed by atoms with Crippen molar-refractivity contribution in [2.75, 3.05) is 0 Å². The Hall–Kier alpha value is -6.09. The van der Waals surface area contributed by atoms with Crippen LogP contribution >= 0.6 is 0 Å². The fraction of sp³-hybridized carbons (Fsp3) is 0. The fourth-order valence-corrected chi connectivity index (χ4v) is 7.40. The highest BCUT2D eigenvalue weighted by Crippen LogP contribution is 2.36. The van der Waals surface area contributed by atoms with Crippen LogP contribution < -0.4 is 32.8 Å². The molecule has 8 aromatic rings. The quantitative estimate of drug-likeness (QED) is 0.197. The summed E-state index contributed by atoms with van der Waals surface area (Å²) in [5.41, 5.74) is 8.11. The number of nitriles is 2. The van der Waals surface area contributed by atoms with Gasteiger partial charge in [0, 0.05) is 10.8 Å². The molecule has 0 spiro atoms. The smallest absolute Gasteiger partial charge is 0.192 e. The predicted octanol–water partition coefficient (Wildman–Crippen LogP) is 5.36. The maximum absolute atomic E-state index is 10.6. The van der Waals surface area contributed by atoms with Gasteiger partial charge in [-0.25, -0.2) is 0 Å². The van der Waals surface area contributed by atoms with E-state index in [1.54, 1.807) is 0 Å². The fourth-order valence-electron chi connectivity index (χ4n) is 7.40. The van der Waals surface area contributed by atoms with Gasteiger partial charge < -0.3 is 0 Å². The first-order chi connectivity index (χ1) is 22.8. The SMILES string of the molecule is N#Cc1cc(B(c2ccccc2)c2ccccc2)c2ccc3c(B(c4ccccc4)c4ccccc4)cc(C#N)c4ccc1c2c43. The summed E-state index contributed by atoms with van der Waals surface area (Å²) in [6, 6.07) is 59.8. The molecular weight excluding hydrogens is 554 g/mol. The molecule has 4 heteroatoms. The monoisotopic (exact) mass is 580 g/mol. The Bertz CT molecular complexity index is 2180. The molecule has 0 aliphatic rings. The Morgan fingerprint density at radius 2 is 0.630 bits per heavy atom. The van der Waals surface area contributed by atoms with E-state index in [2.05, 4.69) is 133 Å². The minimum absolute atomic E-state index is 0.0737. The molecule has 0 amide bonds. The molecule has 0 radical (unpaired) electrons. The van der Waals surface area contributed by atoms with Crippen molar-refractivity contribution >= 4 is 78.5 Å². The maximum atomic E-state index is 10.6. The molecule has 0 saturated heterocycles. The molecule has 0 saturated carbocycles. The second kappa shape index (κ2) is 11.4. The summed E-state index contributed by atoms with van der Waals surface area (Å²) in [4.78, 5) is 0. The molecule has 2 nitrogen and oxygen atoms in total. The highest BCUT2D eigenvalue weighted by atomic mass is 14.3. The third kappa shape index (κ3) is 4.44. The number of nitrogens with zero attached hydrogens (tertiary/aromatic N) is 2. The molecule has 0 N–H and O–H groups in total. The Morgan fingerprint density at radius 3 is 0.913 bits per heavy atom. The number of hydrogen-bond donors (Lipinski definition) is 0. The van der Waals surface area contributed by atoms with Crippen LogP contribution in [0.2, 0.25) is 0 Å². The first-order valence-corrected chi connectivity index (χ1v) is 15.5. The maximum Gasteiger partial charge on any atom is 0.242 e. The van der Waals surface area contributed by atoms with Crippen molar-refractivity contribution in [3.05, 3.63) is 169 Å². The van der Waals surface area contributed by atoms with Crippen LogP contribution in [-0.2, 0) is 0 Å². The average Bonchev–Trinajstić information content (AvgIpc) is 3.13. The summed E-state index contributed by atoms with van der Waals surface area (Å²) < 4.78 is 0. The first kappa shape index (κ1) is 27.5. The van der Waals surface area contributed by atoms with Crippen LogP contribution in [0.15, 0.2) is 158 Å². The molecule has 46 heavy (non-hydrogen) atoms. The van der Waals surface area contributed by atoms with Gasteiger partial charge in [-0.1, -0.05) is 178 Å². The van der Waals surface area contributed by atoms with Crippen molar-refractivity contribution in [1.29, 1.82) is 10.5 Å². The van der Waals surface area contributed by atoms with Crippen molar-refractivity contribution in [3.63, 3.8) is 0 Å². The minimum Gasteiger partial charge on any atom is -0.192 e. The zero-order valence-electron chi connectivity index (χ0n) is 25.1. The van der Waals surface area contributed by atoms with E-state index >= 15 is 0 Å². The summed E-state index contributed by atoms with van der Waals surface area (Å²) in [7, 11) is 0. The standard InChI is InChI=1S/C42H26B2N2/c45-27-29-25-39(43(31-13-5-1-6-14-31)32-15-7-2-8-16-32)37-23-24-38-40(26-30(28-46)36-22-21-35(29)41(37)42(36)38)44(33-17-9-3-10-18-33)34-19-11-4-12-20-34/h1-26H. The van der Waals surface area contributed by atoms with Crippen LogP contribution in [0.25, 0.3) is 32.3 Å². The van der Waals surface area contributed by atoms with E-state index in [0.29, 0.717) is 11.1 Å². The van der Waals surface area contributed by atoms with Gasteiger partial charge in [-0.3, -0.25) is 0 Å². The van der Waals surface area contributed by atoms with E-state index in [0.717, 1.165) is 43.2 Å². The lowest BCUT2D eigenvalue weighted by molar-refractivity contribution is 1.50. The van der Waals surface area contributed by atoms with Crippen LogP contribution in [0.3, 0.4) is 0 Å². The van der Waals surface area contributed by atoms with Crippen LogP contribution in [0.1, 0.15) is 11.1 Å². The van der Waals surface area contributed by atoms with Crippen molar-refractivity contribution in [2.24, 2.45) is 0 Å². The normalized spacial score (nSPS) is 11.0. The molecule has 210 valence electrons. The van der Waals surface area contributed by atoms with Gasteiger partial charge >= 0.3 is 0 Å². The van der Waals surface area contributed by atoms with E-state index in [4.69, 9.17) is 0 Å². The average molecular weight is 580 g/mol. The van der Waals surface area contributed by atoms with Gasteiger partial charge in [-0.05, 0) is 33.7 Å². The van der Waals surface area contributed by atoms with Crippen LogP contribution in [0.5, 0.6) is 0 Å². The summed E-state index contributed by atoms with van der Waals surface area (Å²) in [5, 5.41) is 27.2. The molecule has 0 fully saturated rings. The van der Waals surface area contributed by atoms with E-state index in [9.17, 15) is 10.5 Å². The van der Waals surface area contributed by atoms with Crippen molar-refractivity contribution in [3.8, 4) is 12.1 Å². The Labute approximate surface area is 269 Å². The van der Waals surface area contributed by atoms with Gasteiger partial charge in [0.1, 0.15) is 0 Å². The van der Waals surface area contributed by atoms with E-state index in [-0.39, 0.29) is 13.4 Å². The highest BCUT2D eigenvalue weighted by Gasteiger charge is 2.29. The molecular formula is C42H26B2N2. The molecule has 0 aliphatic heterocycles. The Kier molecular flexibility index (Phi) is 6.83. The molecule has 8 aromatic carbocycles. The van der Waals surface area contributed by atoms with Gasteiger partial charge in [0.2, 0.25) is 13.4 Å². The molecule has 0 unspecified atom stereocenters. The second-order valence-electron chi connectivity index (χ2n) is 11.8.